The number of fused-ring (bicyclic) bond motifs is 1. The van der Waals surface area contributed by atoms with Gasteiger partial charge in [0.15, 0.2) is 5.65 Å². The van der Waals surface area contributed by atoms with Gasteiger partial charge in [0.1, 0.15) is 15.9 Å². The number of hydrogen-bond acceptors (Lipinski definition) is 7. The molecule has 0 atom stereocenters. The van der Waals surface area contributed by atoms with Gasteiger partial charge in [0, 0.05) is 11.7 Å². The van der Waals surface area contributed by atoms with E-state index in [1.807, 2.05) is 27.7 Å². The topological polar surface area (TPSA) is 110 Å². The number of nitrogens with one attached hydrogen (secondary N) is 1. The number of ether oxygens (including phenoxy) is 1. The highest BCUT2D eigenvalue weighted by molar-refractivity contribution is 7.18. The first kappa shape index (κ1) is 22.4. The van der Waals surface area contributed by atoms with Crippen LogP contribution >= 0.6 is 11.3 Å². The van der Waals surface area contributed by atoms with Crippen LogP contribution in [0.5, 0.6) is 0 Å². The van der Waals surface area contributed by atoms with Gasteiger partial charge in [-0.1, -0.05) is 13.8 Å². The molecule has 9 heteroatoms. The zero-order valence-corrected chi connectivity index (χ0v) is 19.3. The van der Waals surface area contributed by atoms with Crippen LogP contribution in [0, 0.1) is 18.3 Å². The summed E-state index contributed by atoms with van der Waals surface area (Å²) in [4.78, 5) is 30.5. The van der Waals surface area contributed by atoms with Gasteiger partial charge in [-0.3, -0.25) is 4.79 Å². The maximum Gasteiger partial charge on any atom is 0.348 e. The van der Waals surface area contributed by atoms with E-state index >= 15 is 0 Å². The van der Waals surface area contributed by atoms with Gasteiger partial charge in [0.25, 0.3) is 5.91 Å². The molecule has 0 fully saturated rings. The molecule has 3 aromatic heterocycles. The molecule has 0 aliphatic heterocycles. The van der Waals surface area contributed by atoms with Crippen molar-refractivity contribution < 1.29 is 14.3 Å². The second-order valence-electron chi connectivity index (χ2n) is 7.72. The Kier molecular flexibility index (Phi) is 6.41. The number of nitrogens with zero attached hydrogens (tertiary/aromatic N) is 4. The van der Waals surface area contributed by atoms with Crippen LogP contribution in [0.15, 0.2) is 12.3 Å². The minimum atomic E-state index is -0.506. The predicted molar refractivity (Wildman–Crippen MR) is 120 cm³/mol. The molecule has 0 radical (unpaired) electrons. The number of aromatic nitrogens is 3. The Morgan fingerprint density at radius 1 is 1.32 bits per heavy atom. The minimum absolute atomic E-state index is 0.0839. The molecule has 8 nitrogen and oxygen atoms in total. The van der Waals surface area contributed by atoms with Crippen molar-refractivity contribution in [2.24, 2.45) is 0 Å². The van der Waals surface area contributed by atoms with Crippen molar-refractivity contribution in [3.8, 4) is 6.07 Å². The fourth-order valence-electron chi connectivity index (χ4n) is 3.20. The molecule has 3 aromatic rings. The molecule has 0 unspecified atom stereocenters. The molecule has 0 aliphatic carbocycles. The van der Waals surface area contributed by atoms with Crippen LogP contribution in [-0.4, -0.2) is 33.2 Å². The summed E-state index contributed by atoms with van der Waals surface area (Å²) in [5, 5.41) is 17.8. The first-order valence-corrected chi connectivity index (χ1v) is 10.9. The number of carbonyl (C=O) groups excluding carboxylic acids is 2. The number of pyridine rings is 1. The predicted octanol–water partition coefficient (Wildman–Crippen LogP) is 4.81. The summed E-state index contributed by atoms with van der Waals surface area (Å²) in [5.41, 5.74) is 2.59. The van der Waals surface area contributed by atoms with Crippen molar-refractivity contribution in [1.29, 1.82) is 5.26 Å². The lowest BCUT2D eigenvalue weighted by atomic mass is 10.0. The van der Waals surface area contributed by atoms with Crippen LogP contribution in [-0.2, 0) is 4.74 Å². The standard InChI is InChI=1S/C22H25N5O3S/c1-7-30-22(29)18-13(6)15(9-23)21(31-18)26-20(28)14-8-17(11(2)3)25-19-16(14)10-24-27(19)12(4)5/h8,10-12H,7H2,1-6H3,(H,26,28). The van der Waals surface area contributed by atoms with Crippen molar-refractivity contribution in [2.45, 2.75) is 53.5 Å². The van der Waals surface area contributed by atoms with Crippen molar-refractivity contribution in [1.82, 2.24) is 14.8 Å². The van der Waals surface area contributed by atoms with Crippen LogP contribution in [0.2, 0.25) is 0 Å². The Balaban J connectivity index is 2.08. The molecular weight excluding hydrogens is 414 g/mol. The summed E-state index contributed by atoms with van der Waals surface area (Å²) in [6, 6.07) is 3.92. The van der Waals surface area contributed by atoms with Gasteiger partial charge in [-0.05, 0) is 45.2 Å². The Bertz CT molecular complexity index is 1200. The van der Waals surface area contributed by atoms with Gasteiger partial charge in [-0.15, -0.1) is 11.3 Å². The molecule has 1 N–H and O–H groups in total. The number of rotatable bonds is 6. The lowest BCUT2D eigenvalue weighted by molar-refractivity contribution is 0.0531. The molecule has 3 heterocycles. The average molecular weight is 440 g/mol. The molecule has 3 rings (SSSR count). The third-order valence-electron chi connectivity index (χ3n) is 4.86. The van der Waals surface area contributed by atoms with E-state index < -0.39 is 5.97 Å². The van der Waals surface area contributed by atoms with Gasteiger partial charge >= 0.3 is 5.97 Å². The fourth-order valence-corrected chi connectivity index (χ4v) is 4.24. The number of carbonyl (C=O) groups is 2. The van der Waals surface area contributed by atoms with E-state index in [1.54, 1.807) is 30.8 Å². The molecule has 0 bridgehead atoms. The first-order chi connectivity index (χ1) is 14.7. The maximum absolute atomic E-state index is 13.3. The monoisotopic (exact) mass is 439 g/mol. The van der Waals surface area contributed by atoms with E-state index in [2.05, 4.69) is 16.5 Å². The second-order valence-corrected chi connectivity index (χ2v) is 8.74. The van der Waals surface area contributed by atoms with Crippen LogP contribution in [0.25, 0.3) is 11.0 Å². The molecule has 0 saturated heterocycles. The van der Waals surface area contributed by atoms with E-state index in [0.717, 1.165) is 17.0 Å². The lowest BCUT2D eigenvalue weighted by Crippen LogP contribution is -2.14. The number of nitriles is 1. The Hall–Kier alpha value is -3.25. The van der Waals surface area contributed by atoms with E-state index in [9.17, 15) is 14.9 Å². The van der Waals surface area contributed by atoms with Gasteiger partial charge < -0.3 is 10.1 Å². The van der Waals surface area contributed by atoms with Crippen LogP contribution in [0.1, 0.15) is 83.4 Å². The SMILES string of the molecule is CCOC(=O)c1sc(NC(=O)c2cc(C(C)C)nc3c2cnn3C(C)C)c(C#N)c1C. The van der Waals surface area contributed by atoms with E-state index in [4.69, 9.17) is 9.72 Å². The zero-order chi connectivity index (χ0) is 22.9. The summed E-state index contributed by atoms with van der Waals surface area (Å²) in [7, 11) is 0. The fraction of sp³-hybridized carbons (Fsp3) is 0.409. The lowest BCUT2D eigenvalue weighted by Gasteiger charge is -2.12. The largest absolute Gasteiger partial charge is 0.462 e. The molecule has 162 valence electrons. The van der Waals surface area contributed by atoms with E-state index in [1.165, 1.54) is 0 Å². The van der Waals surface area contributed by atoms with Gasteiger partial charge in [-0.25, -0.2) is 14.5 Å². The summed E-state index contributed by atoms with van der Waals surface area (Å²) < 4.78 is 6.85. The number of amides is 1. The van der Waals surface area contributed by atoms with Crippen LogP contribution in [0.4, 0.5) is 5.00 Å². The summed E-state index contributed by atoms with van der Waals surface area (Å²) in [6.07, 6.45) is 1.64. The molecule has 31 heavy (non-hydrogen) atoms. The Morgan fingerprint density at radius 3 is 2.61 bits per heavy atom. The molecule has 1 amide bonds. The minimum Gasteiger partial charge on any atom is -0.462 e. The average Bonchev–Trinajstić information content (AvgIpc) is 3.28. The molecule has 0 aromatic carbocycles. The highest BCUT2D eigenvalue weighted by Gasteiger charge is 2.24. The Labute approximate surface area is 184 Å². The first-order valence-electron chi connectivity index (χ1n) is 10.1. The van der Waals surface area contributed by atoms with Gasteiger partial charge in [-0.2, -0.15) is 10.4 Å². The molecule has 0 aliphatic rings. The van der Waals surface area contributed by atoms with Crippen LogP contribution < -0.4 is 5.32 Å². The summed E-state index contributed by atoms with van der Waals surface area (Å²) in [5.74, 6) is -0.778. The van der Waals surface area contributed by atoms with Gasteiger partial charge in [0.2, 0.25) is 0 Å². The number of thiophene rings is 1. The third-order valence-corrected chi connectivity index (χ3v) is 6.05. The van der Waals surface area contributed by atoms with Crippen molar-refractivity contribution in [3.63, 3.8) is 0 Å². The molecular formula is C22H25N5O3S. The van der Waals surface area contributed by atoms with Crippen molar-refractivity contribution >= 4 is 39.2 Å². The molecule has 0 saturated carbocycles. The maximum atomic E-state index is 13.3. The number of esters is 1. The van der Waals surface area contributed by atoms with E-state index in [0.29, 0.717) is 32.0 Å². The third kappa shape index (κ3) is 4.16. The smallest absolute Gasteiger partial charge is 0.348 e. The van der Waals surface area contributed by atoms with Crippen LogP contribution in [0.3, 0.4) is 0 Å². The second kappa shape index (κ2) is 8.86. The van der Waals surface area contributed by atoms with E-state index in [-0.39, 0.29) is 30.0 Å². The summed E-state index contributed by atoms with van der Waals surface area (Å²) >= 11 is 1.04. The quantitative estimate of drug-likeness (QED) is 0.552. The highest BCUT2D eigenvalue weighted by atomic mass is 32.1. The van der Waals surface area contributed by atoms with Crippen molar-refractivity contribution in [3.05, 3.63) is 39.5 Å². The zero-order valence-electron chi connectivity index (χ0n) is 18.4. The highest BCUT2D eigenvalue weighted by Crippen LogP contribution is 2.34. The number of anilines is 1. The molecule has 0 spiro atoms. The number of hydrogen-bond donors (Lipinski definition) is 1. The van der Waals surface area contributed by atoms with Gasteiger partial charge in [0.05, 0.1) is 29.3 Å². The summed E-state index contributed by atoms with van der Waals surface area (Å²) in [6.45, 7) is 11.6. The normalized spacial score (nSPS) is 11.2. The Morgan fingerprint density at radius 2 is 2.03 bits per heavy atom. The van der Waals surface area contributed by atoms with Crippen molar-refractivity contribution in [2.75, 3.05) is 11.9 Å².